The third-order valence-electron chi connectivity index (χ3n) is 9.22. The lowest BCUT2D eigenvalue weighted by atomic mass is 9.98. The Labute approximate surface area is 369 Å². The molecule has 62 heavy (non-hydrogen) atoms. The van der Waals surface area contributed by atoms with E-state index in [-0.39, 0.29) is 12.5 Å². The van der Waals surface area contributed by atoms with Crippen LogP contribution in [-0.2, 0) is 66.3 Å². The monoisotopic (exact) mass is 882 g/mol. The maximum atomic E-state index is 12.3. The standard InChI is InChI=1S/C46H75NO15/c1-2-3-8-14-49-16-18-51-20-22-53-24-26-55-28-30-57-32-34-59-36-38-61-39-37-60-35-33-58-31-29-56-27-25-54-23-21-52-19-17-50-15-13-47-46(48)62-40-45-43-11-6-4-9-41(43)42-10-5-7-12-44(42)45/h4-7,9-12,45H,2-3,8,13-40H2,1H3,(H,47,48). The first-order chi connectivity index (χ1) is 30.8. The molecule has 1 N–H and O–H groups in total. The third kappa shape index (κ3) is 27.4. The molecule has 1 aliphatic carbocycles. The molecule has 0 aliphatic heterocycles. The summed E-state index contributed by atoms with van der Waals surface area (Å²) in [4.78, 5) is 12.3. The van der Waals surface area contributed by atoms with Crippen LogP contribution in [0.25, 0.3) is 11.1 Å². The molecule has 0 heterocycles. The quantitative estimate of drug-likeness (QED) is 0.0893. The molecule has 2 aromatic carbocycles. The van der Waals surface area contributed by atoms with E-state index in [9.17, 15) is 4.79 Å². The molecule has 16 nitrogen and oxygen atoms in total. The number of hydrogen-bond donors (Lipinski definition) is 1. The number of amides is 1. The molecular formula is C46H75NO15. The molecule has 0 atom stereocenters. The van der Waals surface area contributed by atoms with Gasteiger partial charge in [-0.25, -0.2) is 4.79 Å². The summed E-state index contributed by atoms with van der Waals surface area (Å²) in [5.41, 5.74) is 4.77. The van der Waals surface area contributed by atoms with Gasteiger partial charge < -0.3 is 71.6 Å². The third-order valence-corrected chi connectivity index (χ3v) is 9.22. The predicted molar refractivity (Wildman–Crippen MR) is 233 cm³/mol. The second-order valence-electron chi connectivity index (χ2n) is 13.9. The molecular weight excluding hydrogens is 806 g/mol. The smallest absolute Gasteiger partial charge is 0.407 e. The molecule has 1 aliphatic rings. The molecule has 0 unspecified atom stereocenters. The molecule has 0 spiro atoms. The van der Waals surface area contributed by atoms with Crippen LogP contribution in [0.5, 0.6) is 0 Å². The Morgan fingerprint density at radius 1 is 0.403 bits per heavy atom. The number of rotatable bonds is 45. The molecule has 16 heteroatoms. The van der Waals surface area contributed by atoms with Crippen molar-refractivity contribution in [2.24, 2.45) is 0 Å². The Kier molecular flexibility index (Phi) is 34.3. The summed E-state index contributed by atoms with van der Waals surface area (Å²) < 4.78 is 77.1. The summed E-state index contributed by atoms with van der Waals surface area (Å²) in [6.07, 6.45) is 3.07. The van der Waals surface area contributed by atoms with E-state index in [0.717, 1.165) is 13.0 Å². The van der Waals surface area contributed by atoms with E-state index in [1.54, 1.807) is 0 Å². The lowest BCUT2D eigenvalue weighted by molar-refractivity contribution is -0.0290. The number of unbranched alkanes of at least 4 members (excludes halogenated alkanes) is 2. The average molecular weight is 882 g/mol. The molecule has 3 rings (SSSR count). The minimum atomic E-state index is -0.453. The SMILES string of the molecule is CCCCCOCCOCCOCCOCCOCCOCCOCCOCCOCCOCCOCCOCCOCCNC(=O)OCC1c2ccccc2-c2ccccc21. The number of benzene rings is 2. The first-order valence-electron chi connectivity index (χ1n) is 22.4. The molecule has 0 bridgehead atoms. The molecule has 0 aromatic heterocycles. The Morgan fingerprint density at radius 2 is 0.694 bits per heavy atom. The number of fused-ring (bicyclic) bond motifs is 3. The number of hydrogen-bond acceptors (Lipinski definition) is 15. The highest BCUT2D eigenvalue weighted by molar-refractivity contribution is 5.79. The first kappa shape index (κ1) is 53.5. The van der Waals surface area contributed by atoms with Crippen molar-refractivity contribution in [2.45, 2.75) is 32.1 Å². The highest BCUT2D eigenvalue weighted by Gasteiger charge is 2.29. The normalized spacial score (nSPS) is 12.2. The zero-order valence-corrected chi connectivity index (χ0v) is 37.2. The average Bonchev–Trinajstić information content (AvgIpc) is 3.61. The van der Waals surface area contributed by atoms with Crippen LogP contribution in [0, 0.1) is 0 Å². The van der Waals surface area contributed by atoms with E-state index in [1.165, 1.54) is 35.1 Å². The Morgan fingerprint density at radius 3 is 1.02 bits per heavy atom. The van der Waals surface area contributed by atoms with Crippen molar-refractivity contribution in [1.82, 2.24) is 5.32 Å². The van der Waals surface area contributed by atoms with Crippen LogP contribution < -0.4 is 5.32 Å². The predicted octanol–water partition coefficient (Wildman–Crippen LogP) is 4.93. The van der Waals surface area contributed by atoms with Crippen molar-refractivity contribution >= 4 is 6.09 Å². The largest absolute Gasteiger partial charge is 0.449 e. The lowest BCUT2D eigenvalue weighted by Gasteiger charge is -2.14. The van der Waals surface area contributed by atoms with Crippen LogP contribution in [0.15, 0.2) is 48.5 Å². The lowest BCUT2D eigenvalue weighted by Crippen LogP contribution is -2.29. The zero-order chi connectivity index (χ0) is 43.6. The van der Waals surface area contributed by atoms with Crippen LogP contribution in [-0.4, -0.2) is 191 Å². The minimum Gasteiger partial charge on any atom is -0.449 e. The molecule has 354 valence electrons. The second kappa shape index (κ2) is 39.8. The number of nitrogens with one attached hydrogen (secondary N) is 1. The summed E-state index contributed by atoms with van der Waals surface area (Å²) in [5, 5.41) is 2.75. The van der Waals surface area contributed by atoms with Gasteiger partial charge in [0.05, 0.1) is 165 Å². The van der Waals surface area contributed by atoms with Gasteiger partial charge in [-0.3, -0.25) is 0 Å². The molecule has 0 fully saturated rings. The fourth-order valence-corrected chi connectivity index (χ4v) is 6.07. The van der Waals surface area contributed by atoms with Gasteiger partial charge in [-0.05, 0) is 28.7 Å². The van der Waals surface area contributed by atoms with E-state index in [4.69, 9.17) is 66.3 Å². The number of ether oxygens (including phenoxy) is 14. The van der Waals surface area contributed by atoms with E-state index < -0.39 is 6.09 Å². The summed E-state index contributed by atoms with van der Waals surface area (Å²) in [6, 6.07) is 16.5. The zero-order valence-electron chi connectivity index (χ0n) is 37.2. The van der Waals surface area contributed by atoms with Gasteiger partial charge in [0.25, 0.3) is 0 Å². The number of carbonyl (C=O) groups is 1. The van der Waals surface area contributed by atoms with Crippen LogP contribution in [0.4, 0.5) is 4.79 Å². The number of alkyl carbamates (subject to hydrolysis) is 1. The van der Waals surface area contributed by atoms with Crippen molar-refractivity contribution in [2.75, 3.05) is 185 Å². The molecule has 0 radical (unpaired) electrons. The van der Waals surface area contributed by atoms with E-state index in [1.807, 2.05) is 24.3 Å². The van der Waals surface area contributed by atoms with Crippen molar-refractivity contribution in [1.29, 1.82) is 0 Å². The molecule has 0 saturated carbocycles. The van der Waals surface area contributed by atoms with Crippen LogP contribution in [0.1, 0.15) is 43.2 Å². The maximum Gasteiger partial charge on any atom is 0.407 e. The van der Waals surface area contributed by atoms with Crippen LogP contribution in [0.2, 0.25) is 0 Å². The summed E-state index contributed by atoms with van der Waals surface area (Å²) in [7, 11) is 0. The molecule has 2 aromatic rings. The summed E-state index contributed by atoms with van der Waals surface area (Å²) in [5.74, 6) is 0.0346. The van der Waals surface area contributed by atoms with Crippen molar-refractivity contribution in [3.05, 3.63) is 59.7 Å². The Balaban J connectivity index is 0.911. The summed E-state index contributed by atoms with van der Waals surface area (Å²) in [6.45, 7) is 16.1. The van der Waals surface area contributed by atoms with E-state index >= 15 is 0 Å². The highest BCUT2D eigenvalue weighted by atomic mass is 16.6. The summed E-state index contributed by atoms with van der Waals surface area (Å²) >= 11 is 0. The van der Waals surface area contributed by atoms with Gasteiger partial charge in [0.15, 0.2) is 0 Å². The molecule has 1 amide bonds. The van der Waals surface area contributed by atoms with Crippen molar-refractivity contribution in [3.8, 4) is 11.1 Å². The van der Waals surface area contributed by atoms with Gasteiger partial charge in [-0.2, -0.15) is 0 Å². The maximum absolute atomic E-state index is 12.3. The minimum absolute atomic E-state index is 0.0346. The molecule has 0 saturated heterocycles. The van der Waals surface area contributed by atoms with Gasteiger partial charge >= 0.3 is 6.09 Å². The topological polar surface area (TPSA) is 158 Å². The van der Waals surface area contributed by atoms with Gasteiger partial charge in [-0.1, -0.05) is 68.3 Å². The van der Waals surface area contributed by atoms with Gasteiger partial charge in [0.1, 0.15) is 6.61 Å². The van der Waals surface area contributed by atoms with Gasteiger partial charge in [-0.15, -0.1) is 0 Å². The van der Waals surface area contributed by atoms with Crippen molar-refractivity contribution < 1.29 is 71.1 Å². The fraction of sp³-hybridized carbons (Fsp3) is 0.717. The van der Waals surface area contributed by atoms with Crippen molar-refractivity contribution in [3.63, 3.8) is 0 Å². The van der Waals surface area contributed by atoms with E-state index in [0.29, 0.717) is 172 Å². The van der Waals surface area contributed by atoms with Gasteiger partial charge in [0.2, 0.25) is 0 Å². The first-order valence-corrected chi connectivity index (χ1v) is 22.4. The Hall–Kier alpha value is -2.81. The van der Waals surface area contributed by atoms with Crippen LogP contribution in [0.3, 0.4) is 0 Å². The second-order valence-corrected chi connectivity index (χ2v) is 13.9. The van der Waals surface area contributed by atoms with E-state index in [2.05, 4.69) is 36.5 Å². The van der Waals surface area contributed by atoms with Gasteiger partial charge in [0, 0.05) is 19.1 Å². The Bertz CT molecular complexity index is 1280. The highest BCUT2D eigenvalue weighted by Crippen LogP contribution is 2.44. The van der Waals surface area contributed by atoms with Crippen LogP contribution >= 0.6 is 0 Å². The fourth-order valence-electron chi connectivity index (χ4n) is 6.07. The number of carbonyl (C=O) groups excluding carboxylic acids is 1.